The standard InChI is InChI=1S/C18H18N4O3/c1-21(11-14-7-3-2-4-8-14)17(23)13-25-18(24)12-22-16-10-6-5-9-15(16)19-20-22/h2-10H,11-13H2,1H3. The Morgan fingerprint density at radius 3 is 2.60 bits per heavy atom. The highest BCUT2D eigenvalue weighted by Crippen LogP contribution is 2.09. The number of aromatic nitrogens is 3. The van der Waals surface area contributed by atoms with Crippen LogP contribution in [0.15, 0.2) is 54.6 Å². The number of rotatable bonds is 6. The number of benzene rings is 2. The molecule has 7 heteroatoms. The molecule has 0 saturated carbocycles. The molecule has 0 aliphatic rings. The molecule has 128 valence electrons. The number of carbonyl (C=O) groups excluding carboxylic acids is 2. The van der Waals surface area contributed by atoms with E-state index in [-0.39, 0.29) is 19.1 Å². The van der Waals surface area contributed by atoms with Gasteiger partial charge in [-0.1, -0.05) is 47.7 Å². The summed E-state index contributed by atoms with van der Waals surface area (Å²) in [5, 5.41) is 7.90. The normalized spacial score (nSPS) is 10.6. The van der Waals surface area contributed by atoms with Crippen molar-refractivity contribution in [1.29, 1.82) is 0 Å². The highest BCUT2D eigenvalue weighted by atomic mass is 16.5. The minimum atomic E-state index is -0.530. The molecule has 0 bridgehead atoms. The minimum absolute atomic E-state index is 0.0871. The van der Waals surface area contributed by atoms with Crippen molar-refractivity contribution in [2.75, 3.05) is 13.7 Å². The highest BCUT2D eigenvalue weighted by Gasteiger charge is 2.14. The van der Waals surface area contributed by atoms with Crippen LogP contribution in [0.1, 0.15) is 5.56 Å². The number of likely N-dealkylation sites (N-methyl/N-ethyl adjacent to an activating group) is 1. The van der Waals surface area contributed by atoms with Gasteiger partial charge in [-0.2, -0.15) is 0 Å². The average molecular weight is 338 g/mol. The van der Waals surface area contributed by atoms with Crippen molar-refractivity contribution >= 4 is 22.9 Å². The average Bonchev–Trinajstić information content (AvgIpc) is 3.03. The molecule has 0 spiro atoms. The van der Waals surface area contributed by atoms with E-state index in [2.05, 4.69) is 10.3 Å². The number of ether oxygens (including phenoxy) is 1. The van der Waals surface area contributed by atoms with E-state index in [0.29, 0.717) is 12.1 Å². The van der Waals surface area contributed by atoms with Gasteiger partial charge in [0.2, 0.25) is 0 Å². The molecule has 0 saturated heterocycles. The third kappa shape index (κ3) is 4.20. The number of hydrogen-bond acceptors (Lipinski definition) is 5. The lowest BCUT2D eigenvalue weighted by molar-refractivity contribution is -0.152. The third-order valence-corrected chi connectivity index (χ3v) is 3.74. The van der Waals surface area contributed by atoms with E-state index in [1.54, 1.807) is 7.05 Å². The SMILES string of the molecule is CN(Cc1ccccc1)C(=O)COC(=O)Cn1nnc2ccccc21. The van der Waals surface area contributed by atoms with Gasteiger partial charge >= 0.3 is 5.97 Å². The maximum Gasteiger partial charge on any atom is 0.328 e. The molecule has 0 radical (unpaired) electrons. The summed E-state index contributed by atoms with van der Waals surface area (Å²) in [5.41, 5.74) is 2.46. The van der Waals surface area contributed by atoms with Crippen LogP contribution in [0.5, 0.6) is 0 Å². The molecule has 0 aliphatic carbocycles. The monoisotopic (exact) mass is 338 g/mol. The maximum atomic E-state index is 12.1. The first kappa shape index (κ1) is 16.6. The molecule has 3 rings (SSSR count). The zero-order valence-corrected chi connectivity index (χ0v) is 13.8. The minimum Gasteiger partial charge on any atom is -0.454 e. The molecule has 2 aromatic carbocycles. The fourth-order valence-electron chi connectivity index (χ4n) is 2.40. The molecule has 1 heterocycles. The Morgan fingerprint density at radius 2 is 1.80 bits per heavy atom. The van der Waals surface area contributed by atoms with Gasteiger partial charge in [-0.15, -0.1) is 5.10 Å². The van der Waals surface area contributed by atoms with Gasteiger partial charge in [-0.3, -0.25) is 9.59 Å². The second-order valence-corrected chi connectivity index (χ2v) is 5.63. The summed E-state index contributed by atoms with van der Waals surface area (Å²) < 4.78 is 6.52. The van der Waals surface area contributed by atoms with Crippen molar-refractivity contribution in [2.24, 2.45) is 0 Å². The number of carbonyl (C=O) groups is 2. The molecule has 25 heavy (non-hydrogen) atoms. The molecule has 0 atom stereocenters. The van der Waals surface area contributed by atoms with Crippen LogP contribution in [-0.4, -0.2) is 45.4 Å². The van der Waals surface area contributed by atoms with Crippen molar-refractivity contribution in [2.45, 2.75) is 13.1 Å². The van der Waals surface area contributed by atoms with E-state index in [1.807, 2.05) is 54.6 Å². The fourth-order valence-corrected chi connectivity index (χ4v) is 2.40. The Labute approximate surface area is 144 Å². The Kier molecular flexibility index (Phi) is 5.03. The van der Waals surface area contributed by atoms with Gasteiger partial charge in [0.1, 0.15) is 12.1 Å². The van der Waals surface area contributed by atoms with Crippen molar-refractivity contribution in [3.63, 3.8) is 0 Å². The van der Waals surface area contributed by atoms with Crippen molar-refractivity contribution in [3.05, 3.63) is 60.2 Å². The van der Waals surface area contributed by atoms with Gasteiger partial charge in [-0.25, -0.2) is 4.68 Å². The van der Waals surface area contributed by atoms with Crippen molar-refractivity contribution in [1.82, 2.24) is 19.9 Å². The third-order valence-electron chi connectivity index (χ3n) is 3.74. The predicted molar refractivity (Wildman–Crippen MR) is 91.4 cm³/mol. The summed E-state index contributed by atoms with van der Waals surface area (Å²) in [7, 11) is 1.67. The first-order valence-corrected chi connectivity index (χ1v) is 7.85. The molecule has 1 aromatic heterocycles. The second kappa shape index (κ2) is 7.57. The van der Waals surface area contributed by atoms with Gasteiger partial charge < -0.3 is 9.64 Å². The lowest BCUT2D eigenvalue weighted by Gasteiger charge is -2.17. The van der Waals surface area contributed by atoms with E-state index in [4.69, 9.17) is 4.74 Å². The number of esters is 1. The predicted octanol–water partition coefficient (Wildman–Crippen LogP) is 1.63. The van der Waals surface area contributed by atoms with Crippen LogP contribution in [-0.2, 0) is 27.4 Å². The first-order chi connectivity index (χ1) is 12.1. The van der Waals surface area contributed by atoms with E-state index >= 15 is 0 Å². The lowest BCUT2D eigenvalue weighted by atomic mass is 10.2. The fraction of sp³-hybridized carbons (Fsp3) is 0.222. The Morgan fingerprint density at radius 1 is 1.08 bits per heavy atom. The largest absolute Gasteiger partial charge is 0.454 e. The quantitative estimate of drug-likeness (QED) is 0.639. The summed E-state index contributed by atoms with van der Waals surface area (Å²) >= 11 is 0. The summed E-state index contributed by atoms with van der Waals surface area (Å²) in [5.74, 6) is -0.794. The first-order valence-electron chi connectivity index (χ1n) is 7.85. The van der Waals surface area contributed by atoms with Gasteiger partial charge in [-0.05, 0) is 17.7 Å². The number of para-hydroxylation sites is 1. The smallest absolute Gasteiger partial charge is 0.328 e. The van der Waals surface area contributed by atoms with E-state index in [9.17, 15) is 9.59 Å². The number of nitrogens with zero attached hydrogens (tertiary/aromatic N) is 4. The summed E-state index contributed by atoms with van der Waals surface area (Å²) in [6, 6.07) is 16.9. The van der Waals surface area contributed by atoms with Crippen molar-refractivity contribution in [3.8, 4) is 0 Å². The molecule has 3 aromatic rings. The highest BCUT2D eigenvalue weighted by molar-refractivity contribution is 5.81. The summed E-state index contributed by atoms with van der Waals surface area (Å²) in [6.45, 7) is 0.0793. The molecule has 7 nitrogen and oxygen atoms in total. The number of fused-ring (bicyclic) bond motifs is 1. The molecular weight excluding hydrogens is 320 g/mol. The van der Waals surface area contributed by atoms with Crippen LogP contribution in [0.25, 0.3) is 11.0 Å². The lowest BCUT2D eigenvalue weighted by Crippen LogP contribution is -2.31. The zero-order chi connectivity index (χ0) is 17.6. The van der Waals surface area contributed by atoms with E-state index < -0.39 is 5.97 Å². The van der Waals surface area contributed by atoms with Crippen LogP contribution in [0.4, 0.5) is 0 Å². The van der Waals surface area contributed by atoms with Crippen LogP contribution >= 0.6 is 0 Å². The molecule has 0 aliphatic heterocycles. The Hall–Kier alpha value is -3.22. The maximum absolute atomic E-state index is 12.1. The molecule has 0 fully saturated rings. The number of amides is 1. The van der Waals surface area contributed by atoms with Crippen LogP contribution in [0.3, 0.4) is 0 Å². The summed E-state index contributed by atoms with van der Waals surface area (Å²) in [6.07, 6.45) is 0. The topological polar surface area (TPSA) is 77.3 Å². The Balaban J connectivity index is 1.51. The van der Waals surface area contributed by atoms with E-state index in [0.717, 1.165) is 11.1 Å². The van der Waals surface area contributed by atoms with Gasteiger partial charge in [0, 0.05) is 13.6 Å². The van der Waals surface area contributed by atoms with Gasteiger partial charge in [0.05, 0.1) is 5.52 Å². The van der Waals surface area contributed by atoms with Crippen LogP contribution in [0.2, 0.25) is 0 Å². The van der Waals surface area contributed by atoms with Gasteiger partial charge in [0.25, 0.3) is 5.91 Å². The van der Waals surface area contributed by atoms with E-state index in [1.165, 1.54) is 9.58 Å². The van der Waals surface area contributed by atoms with Crippen LogP contribution in [0, 0.1) is 0 Å². The molecule has 0 unspecified atom stereocenters. The van der Waals surface area contributed by atoms with Crippen LogP contribution < -0.4 is 0 Å². The molecule has 1 amide bonds. The van der Waals surface area contributed by atoms with Crippen molar-refractivity contribution < 1.29 is 14.3 Å². The second-order valence-electron chi connectivity index (χ2n) is 5.63. The molecule has 0 N–H and O–H groups in total. The molecular formula is C18H18N4O3. The summed E-state index contributed by atoms with van der Waals surface area (Å²) in [4.78, 5) is 25.6. The van der Waals surface area contributed by atoms with Gasteiger partial charge in [0.15, 0.2) is 6.61 Å². The Bertz CT molecular complexity index is 876. The number of hydrogen-bond donors (Lipinski definition) is 0. The zero-order valence-electron chi connectivity index (χ0n) is 13.8.